The summed E-state index contributed by atoms with van der Waals surface area (Å²) in [6.07, 6.45) is 1.17. The van der Waals surface area contributed by atoms with Gasteiger partial charge in [0, 0.05) is 17.7 Å². The molecule has 0 saturated heterocycles. The Labute approximate surface area is 328 Å². The van der Waals surface area contributed by atoms with Crippen molar-refractivity contribution in [2.75, 3.05) is 0 Å². The molecule has 6 heteroatoms. The molecule has 0 N–H and O–H groups in total. The Morgan fingerprint density at radius 1 is 0.411 bits per heavy atom. The summed E-state index contributed by atoms with van der Waals surface area (Å²) in [6, 6.07) is 58.8. The molecule has 56 heavy (non-hydrogen) atoms. The third kappa shape index (κ3) is 9.52. The van der Waals surface area contributed by atoms with Crippen molar-refractivity contribution in [1.82, 2.24) is 0 Å². The van der Waals surface area contributed by atoms with Gasteiger partial charge >= 0.3 is 0 Å². The Hall–Kier alpha value is -6.66. The van der Waals surface area contributed by atoms with Crippen molar-refractivity contribution >= 4 is 0 Å². The van der Waals surface area contributed by atoms with Gasteiger partial charge in [-0.15, -0.1) is 0 Å². The zero-order chi connectivity index (χ0) is 37.8. The molecule has 8 rings (SSSR count). The molecule has 6 nitrogen and oxygen atoms in total. The molecular formula is C50H44O6. The highest BCUT2D eigenvalue weighted by atomic mass is 16.5. The monoisotopic (exact) mass is 740 g/mol. The van der Waals surface area contributed by atoms with Crippen LogP contribution in [-0.2, 0) is 39.5 Å². The van der Waals surface area contributed by atoms with Crippen LogP contribution in [0.5, 0.6) is 34.5 Å². The Balaban J connectivity index is 1.13. The molecule has 1 aliphatic rings. The van der Waals surface area contributed by atoms with E-state index < -0.39 is 0 Å². The maximum Gasteiger partial charge on any atom is 0.203 e. The van der Waals surface area contributed by atoms with Crippen LogP contribution in [0.2, 0.25) is 0 Å². The molecule has 1 atom stereocenters. The molecule has 1 heterocycles. The molecule has 0 radical (unpaired) electrons. The van der Waals surface area contributed by atoms with Crippen LogP contribution in [-0.4, -0.2) is 0 Å². The van der Waals surface area contributed by atoms with E-state index in [2.05, 4.69) is 48.5 Å². The van der Waals surface area contributed by atoms with Crippen LogP contribution in [0.4, 0.5) is 0 Å². The van der Waals surface area contributed by atoms with Gasteiger partial charge in [0.25, 0.3) is 0 Å². The van der Waals surface area contributed by atoms with Crippen LogP contribution in [0.3, 0.4) is 0 Å². The number of hydrogen-bond donors (Lipinski definition) is 0. The Bertz CT molecular complexity index is 2220. The quantitative estimate of drug-likeness (QED) is 0.0983. The second-order valence-corrected chi connectivity index (χ2v) is 13.8. The molecule has 0 unspecified atom stereocenters. The van der Waals surface area contributed by atoms with Crippen molar-refractivity contribution < 1.29 is 28.4 Å². The molecular weight excluding hydrogens is 697 g/mol. The van der Waals surface area contributed by atoms with Crippen molar-refractivity contribution in [3.63, 3.8) is 0 Å². The summed E-state index contributed by atoms with van der Waals surface area (Å²) in [7, 11) is 0. The molecule has 280 valence electrons. The largest absolute Gasteiger partial charge is 0.489 e. The van der Waals surface area contributed by atoms with Gasteiger partial charge in [-0.2, -0.15) is 0 Å². The van der Waals surface area contributed by atoms with Gasteiger partial charge in [0.05, 0.1) is 0 Å². The summed E-state index contributed by atoms with van der Waals surface area (Å²) < 4.78 is 39.5. The van der Waals surface area contributed by atoms with Gasteiger partial charge in [-0.25, -0.2) is 0 Å². The smallest absolute Gasteiger partial charge is 0.203 e. The average Bonchev–Trinajstić information content (AvgIpc) is 3.27. The lowest BCUT2D eigenvalue weighted by Gasteiger charge is -2.29. The highest BCUT2D eigenvalue weighted by molar-refractivity contribution is 5.56. The molecule has 7 aromatic rings. The first-order chi connectivity index (χ1) is 27.7. The van der Waals surface area contributed by atoms with E-state index in [-0.39, 0.29) is 6.10 Å². The van der Waals surface area contributed by atoms with E-state index in [1.807, 2.05) is 127 Å². The van der Waals surface area contributed by atoms with Gasteiger partial charge in [-0.05, 0) is 58.4 Å². The Morgan fingerprint density at radius 3 is 1.25 bits per heavy atom. The third-order valence-electron chi connectivity index (χ3n) is 9.67. The van der Waals surface area contributed by atoms with Crippen molar-refractivity contribution in [2.45, 2.75) is 52.0 Å². The third-order valence-corrected chi connectivity index (χ3v) is 9.67. The summed E-state index contributed by atoms with van der Waals surface area (Å²) in [5.41, 5.74) is 7.26. The number of benzene rings is 7. The molecule has 7 aromatic carbocycles. The van der Waals surface area contributed by atoms with Crippen molar-refractivity contribution in [3.05, 3.63) is 215 Å². The van der Waals surface area contributed by atoms with Crippen LogP contribution in [0.1, 0.15) is 51.5 Å². The standard InChI is InChI=1S/C50H44O6/c1-6-16-37(17-7-1)32-51-43-30-46(52-33-38-18-8-2-9-19-38)44-26-27-45(56-47(44)31-43)42-28-48(53-34-39-20-10-3-11-21-39)50(55-36-41-24-14-5-15-25-41)49(29-42)54-35-40-22-12-4-13-23-40/h1-25,28-31,45H,26-27,32-36H2/t45-/m0/s1. The second kappa shape index (κ2) is 18.1. The zero-order valence-corrected chi connectivity index (χ0v) is 31.2. The zero-order valence-electron chi connectivity index (χ0n) is 31.2. The lowest BCUT2D eigenvalue weighted by Crippen LogP contribution is -2.17. The predicted octanol–water partition coefficient (Wildman–Crippen LogP) is 11.6. The summed E-state index contributed by atoms with van der Waals surface area (Å²) in [5, 5.41) is 0. The number of rotatable bonds is 16. The Kier molecular flexibility index (Phi) is 11.7. The van der Waals surface area contributed by atoms with E-state index in [1.54, 1.807) is 0 Å². The average molecular weight is 741 g/mol. The second-order valence-electron chi connectivity index (χ2n) is 13.8. The minimum absolute atomic E-state index is 0.296. The first-order valence-electron chi connectivity index (χ1n) is 19.1. The summed E-state index contributed by atoms with van der Waals surface area (Å²) >= 11 is 0. The highest BCUT2D eigenvalue weighted by Crippen LogP contribution is 2.47. The lowest BCUT2D eigenvalue weighted by molar-refractivity contribution is 0.168. The molecule has 0 aliphatic carbocycles. The van der Waals surface area contributed by atoms with E-state index >= 15 is 0 Å². The SMILES string of the molecule is c1ccc(COc2cc(OCc3ccccc3)c3c(c2)O[C@H](c2cc(OCc4ccccc4)c(OCc4ccccc4)c(OCc4ccccc4)c2)CC3)cc1. The number of hydrogen-bond acceptors (Lipinski definition) is 6. The topological polar surface area (TPSA) is 55.4 Å². The maximum absolute atomic E-state index is 6.90. The maximum atomic E-state index is 6.90. The Morgan fingerprint density at radius 2 is 0.804 bits per heavy atom. The van der Waals surface area contributed by atoms with Crippen LogP contribution in [0.15, 0.2) is 176 Å². The summed E-state index contributed by atoms with van der Waals surface area (Å²) in [4.78, 5) is 0. The fraction of sp³-hybridized carbons (Fsp3) is 0.160. The fourth-order valence-electron chi connectivity index (χ4n) is 6.70. The summed E-state index contributed by atoms with van der Waals surface area (Å²) in [6.45, 7) is 1.95. The van der Waals surface area contributed by atoms with Crippen LogP contribution < -0.4 is 28.4 Å². The predicted molar refractivity (Wildman–Crippen MR) is 218 cm³/mol. The van der Waals surface area contributed by atoms with Gasteiger partial charge in [0.2, 0.25) is 5.75 Å². The van der Waals surface area contributed by atoms with E-state index in [0.717, 1.165) is 63.3 Å². The lowest BCUT2D eigenvalue weighted by atomic mass is 9.96. The van der Waals surface area contributed by atoms with Crippen LogP contribution >= 0.6 is 0 Å². The normalized spacial score (nSPS) is 13.2. The molecule has 0 fully saturated rings. The van der Waals surface area contributed by atoms with Gasteiger partial charge < -0.3 is 28.4 Å². The van der Waals surface area contributed by atoms with Gasteiger partial charge in [0.15, 0.2) is 11.5 Å². The summed E-state index contributed by atoms with van der Waals surface area (Å²) in [5.74, 6) is 3.90. The highest BCUT2D eigenvalue weighted by Gasteiger charge is 2.28. The van der Waals surface area contributed by atoms with E-state index in [4.69, 9.17) is 28.4 Å². The molecule has 0 bridgehead atoms. The number of fused-ring (bicyclic) bond motifs is 1. The fourth-order valence-corrected chi connectivity index (χ4v) is 6.70. The van der Waals surface area contributed by atoms with Crippen molar-refractivity contribution in [3.8, 4) is 34.5 Å². The number of ether oxygens (including phenoxy) is 6. The minimum Gasteiger partial charge on any atom is -0.489 e. The van der Waals surface area contributed by atoms with Gasteiger partial charge in [0.1, 0.15) is 56.4 Å². The van der Waals surface area contributed by atoms with Crippen LogP contribution in [0, 0.1) is 0 Å². The van der Waals surface area contributed by atoms with Crippen molar-refractivity contribution in [2.24, 2.45) is 0 Å². The van der Waals surface area contributed by atoms with Gasteiger partial charge in [-0.3, -0.25) is 0 Å². The molecule has 0 amide bonds. The minimum atomic E-state index is -0.296. The molecule has 0 aromatic heterocycles. The van der Waals surface area contributed by atoms with E-state index in [0.29, 0.717) is 56.0 Å². The van der Waals surface area contributed by atoms with E-state index in [9.17, 15) is 0 Å². The first-order valence-corrected chi connectivity index (χ1v) is 19.1. The first kappa shape index (κ1) is 36.3. The van der Waals surface area contributed by atoms with Crippen LogP contribution in [0.25, 0.3) is 0 Å². The van der Waals surface area contributed by atoms with E-state index in [1.165, 1.54) is 0 Å². The van der Waals surface area contributed by atoms with Gasteiger partial charge in [-0.1, -0.05) is 152 Å². The molecule has 1 aliphatic heterocycles. The van der Waals surface area contributed by atoms with Crippen molar-refractivity contribution in [1.29, 1.82) is 0 Å². The molecule has 0 saturated carbocycles. The molecule has 0 spiro atoms.